The normalized spacial score (nSPS) is 18.4. The third-order valence-electron chi connectivity index (χ3n) is 4.37. The summed E-state index contributed by atoms with van der Waals surface area (Å²) in [6.45, 7) is 2.00. The molecule has 3 rings (SSSR count). The molecule has 1 fully saturated rings. The van der Waals surface area contributed by atoms with Crippen LogP contribution in [0.4, 0.5) is 24.5 Å². The molecule has 0 radical (unpaired) electrons. The number of para-hydroxylation sites is 1. The van der Waals surface area contributed by atoms with Crippen LogP contribution in [0.2, 0.25) is 0 Å². The Balaban J connectivity index is 1.68. The number of carbonyl (C=O) groups excluding carboxylic acids is 2. The lowest BCUT2D eigenvalue weighted by Gasteiger charge is -2.12. The van der Waals surface area contributed by atoms with Gasteiger partial charge in [-0.3, -0.25) is 9.59 Å². The monoisotopic (exact) mass is 408 g/mol. The van der Waals surface area contributed by atoms with E-state index in [2.05, 4.69) is 10.6 Å². The van der Waals surface area contributed by atoms with Crippen molar-refractivity contribution in [3.63, 3.8) is 0 Å². The Morgan fingerprint density at radius 3 is 2.50 bits per heavy atom. The molecule has 2 aromatic carbocycles. The van der Waals surface area contributed by atoms with Gasteiger partial charge >= 0.3 is 6.18 Å². The smallest absolute Gasteiger partial charge is 0.326 e. The minimum absolute atomic E-state index is 0.00928. The Morgan fingerprint density at radius 2 is 1.82 bits per heavy atom. The van der Waals surface area contributed by atoms with Crippen LogP contribution in [0.5, 0.6) is 0 Å². The van der Waals surface area contributed by atoms with Crippen molar-refractivity contribution in [3.8, 4) is 0 Å². The number of benzene rings is 2. The molecule has 1 saturated carbocycles. The van der Waals surface area contributed by atoms with Gasteiger partial charge in [-0.1, -0.05) is 25.1 Å². The van der Waals surface area contributed by atoms with Crippen LogP contribution in [-0.2, 0) is 4.79 Å². The van der Waals surface area contributed by atoms with Crippen molar-refractivity contribution in [2.75, 3.05) is 16.4 Å². The molecule has 2 unspecified atom stereocenters. The molecule has 0 aliphatic heterocycles. The SMILES string of the molecule is CC1CC1C(=O)Nc1cccc(C(=O)Nc2ccccc2SCC(F)(F)F)c1. The summed E-state index contributed by atoms with van der Waals surface area (Å²) in [6, 6.07) is 12.8. The molecule has 148 valence electrons. The first-order valence-corrected chi connectivity index (χ1v) is 9.72. The Hall–Kier alpha value is -2.48. The van der Waals surface area contributed by atoms with Gasteiger partial charge in [-0.15, -0.1) is 11.8 Å². The average Bonchev–Trinajstić information content (AvgIpc) is 3.37. The predicted molar refractivity (Wildman–Crippen MR) is 104 cm³/mol. The van der Waals surface area contributed by atoms with Crippen LogP contribution < -0.4 is 10.6 Å². The summed E-state index contributed by atoms with van der Waals surface area (Å²) in [5, 5.41) is 5.44. The first kappa shape index (κ1) is 20.3. The fraction of sp³-hybridized carbons (Fsp3) is 0.300. The lowest BCUT2D eigenvalue weighted by molar-refractivity contribution is -0.117. The minimum atomic E-state index is -4.30. The molecule has 2 aromatic rings. The van der Waals surface area contributed by atoms with Crippen LogP contribution in [0, 0.1) is 11.8 Å². The van der Waals surface area contributed by atoms with Crippen LogP contribution >= 0.6 is 11.8 Å². The summed E-state index contributed by atoms with van der Waals surface area (Å²) in [6.07, 6.45) is -3.44. The van der Waals surface area contributed by atoms with E-state index in [1.165, 1.54) is 6.07 Å². The fourth-order valence-corrected chi connectivity index (χ4v) is 3.48. The molecular formula is C20H19F3N2O2S. The lowest BCUT2D eigenvalue weighted by atomic mass is 10.1. The van der Waals surface area contributed by atoms with E-state index in [-0.39, 0.29) is 11.8 Å². The van der Waals surface area contributed by atoms with Crippen molar-refractivity contribution < 1.29 is 22.8 Å². The Morgan fingerprint density at radius 1 is 1.11 bits per heavy atom. The minimum Gasteiger partial charge on any atom is -0.326 e. The van der Waals surface area contributed by atoms with Crippen molar-refractivity contribution in [1.82, 2.24) is 0 Å². The topological polar surface area (TPSA) is 58.2 Å². The summed E-state index contributed by atoms with van der Waals surface area (Å²) in [5.74, 6) is -1.19. The van der Waals surface area contributed by atoms with Gasteiger partial charge in [0, 0.05) is 22.1 Å². The van der Waals surface area contributed by atoms with Gasteiger partial charge in [0.15, 0.2) is 0 Å². The Labute approximate surface area is 164 Å². The first-order chi connectivity index (χ1) is 13.2. The molecule has 0 aromatic heterocycles. The first-order valence-electron chi connectivity index (χ1n) is 8.74. The van der Waals surface area contributed by atoms with E-state index < -0.39 is 17.8 Å². The number of amides is 2. The second kappa shape index (κ2) is 8.26. The quantitative estimate of drug-likeness (QED) is 0.647. The van der Waals surface area contributed by atoms with Crippen molar-refractivity contribution >= 4 is 35.0 Å². The summed E-state index contributed by atoms with van der Waals surface area (Å²) >= 11 is 0.616. The van der Waals surface area contributed by atoms with Crippen LogP contribution in [-0.4, -0.2) is 23.7 Å². The summed E-state index contributed by atoms with van der Waals surface area (Å²) in [5.41, 5.74) is 1.12. The molecule has 4 nitrogen and oxygen atoms in total. The van der Waals surface area contributed by atoms with E-state index in [9.17, 15) is 22.8 Å². The van der Waals surface area contributed by atoms with Gasteiger partial charge in [-0.2, -0.15) is 13.2 Å². The van der Waals surface area contributed by atoms with Crippen molar-refractivity contribution in [2.24, 2.45) is 11.8 Å². The standard InChI is InChI=1S/C20H19F3N2O2S/c1-12-9-15(12)19(27)24-14-6-4-5-13(10-14)18(26)25-16-7-2-3-8-17(16)28-11-20(21,22)23/h2-8,10,12,15H,9,11H2,1H3,(H,24,27)(H,25,26). The van der Waals surface area contributed by atoms with E-state index in [0.29, 0.717) is 39.5 Å². The summed E-state index contributed by atoms with van der Waals surface area (Å²) in [4.78, 5) is 24.9. The van der Waals surface area contributed by atoms with E-state index in [4.69, 9.17) is 0 Å². The average molecular weight is 408 g/mol. The number of hydrogen-bond acceptors (Lipinski definition) is 3. The molecule has 1 aliphatic rings. The van der Waals surface area contributed by atoms with Crippen molar-refractivity contribution in [3.05, 3.63) is 54.1 Å². The summed E-state index contributed by atoms with van der Waals surface area (Å²) in [7, 11) is 0. The van der Waals surface area contributed by atoms with Gasteiger partial charge in [-0.05, 0) is 42.7 Å². The van der Waals surface area contributed by atoms with E-state index >= 15 is 0 Å². The third-order valence-corrected chi connectivity index (χ3v) is 5.50. The summed E-state index contributed by atoms with van der Waals surface area (Å²) < 4.78 is 37.5. The highest BCUT2D eigenvalue weighted by atomic mass is 32.2. The lowest BCUT2D eigenvalue weighted by Crippen LogP contribution is -2.16. The number of rotatable bonds is 6. The Bertz CT molecular complexity index is 886. The van der Waals surface area contributed by atoms with Crippen LogP contribution in [0.3, 0.4) is 0 Å². The number of carbonyl (C=O) groups is 2. The maximum atomic E-state index is 12.5. The predicted octanol–water partition coefficient (Wildman–Crippen LogP) is 5.19. The molecule has 2 atom stereocenters. The van der Waals surface area contributed by atoms with E-state index in [1.54, 1.807) is 42.5 Å². The molecule has 8 heteroatoms. The molecule has 1 aliphatic carbocycles. The Kier molecular flexibility index (Phi) is 5.98. The van der Waals surface area contributed by atoms with Gasteiger partial charge in [0.2, 0.25) is 5.91 Å². The zero-order valence-electron chi connectivity index (χ0n) is 15.0. The number of thioether (sulfide) groups is 1. The zero-order chi connectivity index (χ0) is 20.3. The van der Waals surface area contributed by atoms with Gasteiger partial charge in [0.25, 0.3) is 5.91 Å². The molecule has 2 amide bonds. The molecule has 0 bridgehead atoms. The molecule has 0 spiro atoms. The second-order valence-corrected chi connectivity index (χ2v) is 7.76. The number of alkyl halides is 3. The van der Waals surface area contributed by atoms with E-state index in [1.807, 2.05) is 6.92 Å². The maximum absolute atomic E-state index is 12.5. The van der Waals surface area contributed by atoms with Crippen molar-refractivity contribution in [2.45, 2.75) is 24.4 Å². The van der Waals surface area contributed by atoms with Crippen molar-refractivity contribution in [1.29, 1.82) is 0 Å². The molecule has 0 saturated heterocycles. The largest absolute Gasteiger partial charge is 0.398 e. The number of hydrogen-bond donors (Lipinski definition) is 2. The van der Waals surface area contributed by atoms with Crippen LogP contribution in [0.15, 0.2) is 53.4 Å². The van der Waals surface area contributed by atoms with Crippen LogP contribution in [0.25, 0.3) is 0 Å². The van der Waals surface area contributed by atoms with Crippen LogP contribution in [0.1, 0.15) is 23.7 Å². The maximum Gasteiger partial charge on any atom is 0.398 e. The highest BCUT2D eigenvalue weighted by molar-refractivity contribution is 7.99. The highest BCUT2D eigenvalue weighted by Gasteiger charge is 2.39. The zero-order valence-corrected chi connectivity index (χ0v) is 15.9. The number of anilines is 2. The van der Waals surface area contributed by atoms with Gasteiger partial charge in [-0.25, -0.2) is 0 Å². The number of nitrogens with one attached hydrogen (secondary N) is 2. The van der Waals surface area contributed by atoms with E-state index in [0.717, 1.165) is 6.42 Å². The van der Waals surface area contributed by atoms with Gasteiger partial charge < -0.3 is 10.6 Å². The molecule has 2 N–H and O–H groups in total. The molecular weight excluding hydrogens is 389 g/mol. The van der Waals surface area contributed by atoms with Gasteiger partial charge in [0.1, 0.15) is 0 Å². The molecule has 28 heavy (non-hydrogen) atoms. The third kappa shape index (κ3) is 5.51. The van der Waals surface area contributed by atoms with Gasteiger partial charge in [0.05, 0.1) is 11.4 Å². The molecule has 0 heterocycles. The second-order valence-electron chi connectivity index (χ2n) is 6.74. The fourth-order valence-electron chi connectivity index (χ4n) is 2.71. The number of halogens is 3. The highest BCUT2D eigenvalue weighted by Crippen LogP contribution is 2.38.